The van der Waals surface area contributed by atoms with Crippen molar-refractivity contribution in [2.24, 2.45) is 7.05 Å². The van der Waals surface area contributed by atoms with Gasteiger partial charge in [0.05, 0.1) is 18.0 Å². The summed E-state index contributed by atoms with van der Waals surface area (Å²) in [5.41, 5.74) is 3.98. The van der Waals surface area contributed by atoms with Gasteiger partial charge in [0, 0.05) is 13.1 Å². The van der Waals surface area contributed by atoms with E-state index in [1.54, 1.807) is 0 Å². The van der Waals surface area contributed by atoms with Crippen molar-refractivity contribution in [1.29, 1.82) is 0 Å². The summed E-state index contributed by atoms with van der Waals surface area (Å²) in [4.78, 5) is 3.27. The predicted molar refractivity (Wildman–Crippen MR) is 85.8 cm³/mol. The van der Waals surface area contributed by atoms with Crippen LogP contribution in [-0.2, 0) is 13.5 Å². The van der Waals surface area contributed by atoms with Crippen molar-refractivity contribution in [3.63, 3.8) is 0 Å². The molecule has 1 N–H and O–H groups in total. The Hall–Kier alpha value is -2.08. The second-order valence-corrected chi connectivity index (χ2v) is 5.21. The lowest BCUT2D eigenvalue weighted by atomic mass is 10.3. The molecule has 0 unspecified atom stereocenters. The Labute approximate surface area is 128 Å². The van der Waals surface area contributed by atoms with E-state index in [1.807, 2.05) is 47.5 Å². The van der Waals surface area contributed by atoms with E-state index in [4.69, 9.17) is 17.0 Å². The fourth-order valence-electron chi connectivity index (χ4n) is 2.58. The van der Waals surface area contributed by atoms with Gasteiger partial charge in [-0.3, -0.25) is 4.57 Å². The molecule has 3 aromatic rings. The van der Waals surface area contributed by atoms with Crippen molar-refractivity contribution < 1.29 is 4.74 Å². The molecule has 0 spiro atoms. The molecule has 5 nitrogen and oxygen atoms in total. The van der Waals surface area contributed by atoms with Crippen LogP contribution in [-0.4, -0.2) is 25.9 Å². The second-order valence-electron chi connectivity index (χ2n) is 4.82. The van der Waals surface area contributed by atoms with Gasteiger partial charge in [0.25, 0.3) is 0 Å². The topological polar surface area (TPSA) is 47.8 Å². The highest BCUT2D eigenvalue weighted by Gasteiger charge is 2.15. The average molecular weight is 302 g/mol. The average Bonchev–Trinajstić information content (AvgIpc) is 2.96. The third kappa shape index (κ3) is 2.25. The van der Waals surface area contributed by atoms with Crippen LogP contribution < -0.4 is 4.74 Å². The molecule has 0 bridgehead atoms. The molecule has 0 amide bonds. The van der Waals surface area contributed by atoms with Crippen molar-refractivity contribution in [2.75, 3.05) is 6.61 Å². The maximum atomic E-state index is 5.57. The summed E-state index contributed by atoms with van der Waals surface area (Å²) in [6.45, 7) is 4.70. The highest BCUT2D eigenvalue weighted by atomic mass is 32.1. The summed E-state index contributed by atoms with van der Waals surface area (Å²) in [5.74, 6) is 0.837. The maximum Gasteiger partial charge on any atom is 0.184 e. The number of hydrogen-bond acceptors (Lipinski definition) is 3. The third-order valence-corrected chi connectivity index (χ3v) is 3.74. The maximum absolute atomic E-state index is 5.57. The van der Waals surface area contributed by atoms with E-state index in [2.05, 4.69) is 17.0 Å². The van der Waals surface area contributed by atoms with Gasteiger partial charge in [-0.05, 0) is 37.7 Å². The van der Waals surface area contributed by atoms with Crippen LogP contribution in [0.25, 0.3) is 16.9 Å². The van der Waals surface area contributed by atoms with Crippen LogP contribution in [0.3, 0.4) is 0 Å². The normalized spacial score (nSPS) is 11.2. The van der Waals surface area contributed by atoms with Crippen molar-refractivity contribution in [2.45, 2.75) is 20.3 Å². The summed E-state index contributed by atoms with van der Waals surface area (Å²) in [5, 5.41) is 4.54. The molecule has 0 atom stereocenters. The number of aryl methyl sites for hydroxylation is 2. The fourth-order valence-corrected chi connectivity index (χ4v) is 2.87. The van der Waals surface area contributed by atoms with Crippen molar-refractivity contribution >= 4 is 23.4 Å². The minimum absolute atomic E-state index is 0.642. The van der Waals surface area contributed by atoms with E-state index >= 15 is 0 Å². The van der Waals surface area contributed by atoms with Gasteiger partial charge in [-0.2, -0.15) is 5.10 Å². The van der Waals surface area contributed by atoms with Crippen LogP contribution in [0.15, 0.2) is 24.3 Å². The first kappa shape index (κ1) is 13.9. The van der Waals surface area contributed by atoms with Crippen molar-refractivity contribution in [3.8, 4) is 11.4 Å². The molecular formula is C15H18N4OS. The summed E-state index contributed by atoms with van der Waals surface area (Å²) in [6, 6.07) is 7.93. The van der Waals surface area contributed by atoms with E-state index in [0.717, 1.165) is 34.7 Å². The fraction of sp³-hybridized carbons (Fsp3) is 0.333. The first-order chi connectivity index (χ1) is 10.2. The SMILES string of the molecule is CCOc1cccc(-n2c(=S)[nH]c3c(CC)nn(C)c32)c1. The molecule has 0 aliphatic carbocycles. The molecule has 1 aromatic carbocycles. The van der Waals surface area contributed by atoms with Crippen LogP contribution in [0.2, 0.25) is 0 Å². The number of imidazole rings is 1. The molecule has 6 heteroatoms. The largest absolute Gasteiger partial charge is 0.494 e. The van der Waals surface area contributed by atoms with Gasteiger partial charge in [-0.25, -0.2) is 4.68 Å². The van der Waals surface area contributed by atoms with Gasteiger partial charge in [0.1, 0.15) is 11.3 Å². The lowest BCUT2D eigenvalue weighted by molar-refractivity contribution is 0.340. The Balaban J connectivity index is 2.25. The van der Waals surface area contributed by atoms with Gasteiger partial charge in [0.15, 0.2) is 10.4 Å². The number of nitrogens with zero attached hydrogens (tertiary/aromatic N) is 3. The van der Waals surface area contributed by atoms with Gasteiger partial charge < -0.3 is 9.72 Å². The zero-order chi connectivity index (χ0) is 15.0. The van der Waals surface area contributed by atoms with Crippen molar-refractivity contribution in [1.82, 2.24) is 19.3 Å². The number of benzene rings is 1. The van der Waals surface area contributed by atoms with Gasteiger partial charge >= 0.3 is 0 Å². The van der Waals surface area contributed by atoms with E-state index in [-0.39, 0.29) is 0 Å². The first-order valence-electron chi connectivity index (χ1n) is 7.05. The monoisotopic (exact) mass is 302 g/mol. The molecular weight excluding hydrogens is 284 g/mol. The molecule has 0 aliphatic rings. The number of ether oxygens (including phenoxy) is 1. The number of fused-ring (bicyclic) bond motifs is 1. The van der Waals surface area contributed by atoms with Gasteiger partial charge in [-0.1, -0.05) is 13.0 Å². The smallest absolute Gasteiger partial charge is 0.184 e. The number of rotatable bonds is 4. The van der Waals surface area contributed by atoms with E-state index in [1.165, 1.54) is 0 Å². The number of aromatic amines is 1. The van der Waals surface area contributed by atoms with E-state index in [0.29, 0.717) is 11.4 Å². The molecule has 0 saturated heterocycles. The molecule has 0 saturated carbocycles. The third-order valence-electron chi connectivity index (χ3n) is 3.46. The molecule has 3 rings (SSSR count). The van der Waals surface area contributed by atoms with E-state index < -0.39 is 0 Å². The van der Waals surface area contributed by atoms with Crippen LogP contribution in [0, 0.1) is 4.77 Å². The zero-order valence-electron chi connectivity index (χ0n) is 12.4. The summed E-state index contributed by atoms with van der Waals surface area (Å²) >= 11 is 5.49. The summed E-state index contributed by atoms with van der Waals surface area (Å²) in [7, 11) is 1.94. The van der Waals surface area contributed by atoms with Crippen LogP contribution in [0.4, 0.5) is 0 Å². The molecule has 2 heterocycles. The molecule has 0 fully saturated rings. The minimum Gasteiger partial charge on any atom is -0.494 e. The Morgan fingerprint density at radius 2 is 2.14 bits per heavy atom. The van der Waals surface area contributed by atoms with E-state index in [9.17, 15) is 0 Å². The molecule has 0 aliphatic heterocycles. The highest BCUT2D eigenvalue weighted by Crippen LogP contribution is 2.24. The van der Waals surface area contributed by atoms with Crippen molar-refractivity contribution in [3.05, 3.63) is 34.7 Å². The first-order valence-corrected chi connectivity index (χ1v) is 7.46. The standard InChI is InChI=1S/C15H18N4OS/c1-4-12-13-14(18(3)17-12)19(15(21)16-13)10-7-6-8-11(9-10)20-5-2/h6-9H,4-5H2,1-3H3,(H,16,21). The molecule has 21 heavy (non-hydrogen) atoms. The number of nitrogens with one attached hydrogen (secondary N) is 1. The molecule has 0 radical (unpaired) electrons. The van der Waals surface area contributed by atoms with Crippen LogP contribution in [0.1, 0.15) is 19.5 Å². The van der Waals surface area contributed by atoms with Crippen LogP contribution in [0.5, 0.6) is 5.75 Å². The lowest BCUT2D eigenvalue weighted by Crippen LogP contribution is -2.01. The summed E-state index contributed by atoms with van der Waals surface area (Å²) in [6.07, 6.45) is 0.867. The number of hydrogen-bond donors (Lipinski definition) is 1. The summed E-state index contributed by atoms with van der Waals surface area (Å²) < 4.78 is 10.1. The lowest BCUT2D eigenvalue weighted by Gasteiger charge is -2.08. The zero-order valence-corrected chi connectivity index (χ0v) is 13.2. The van der Waals surface area contributed by atoms with Gasteiger partial charge in [-0.15, -0.1) is 0 Å². The predicted octanol–water partition coefficient (Wildman–Crippen LogP) is 3.38. The molecule has 110 valence electrons. The van der Waals surface area contributed by atoms with Gasteiger partial charge in [0.2, 0.25) is 0 Å². The quantitative estimate of drug-likeness (QED) is 0.752. The minimum atomic E-state index is 0.642. The Morgan fingerprint density at radius 1 is 1.33 bits per heavy atom. The number of H-pyrrole nitrogens is 1. The number of aromatic nitrogens is 4. The Bertz CT molecular complexity index is 843. The Morgan fingerprint density at radius 3 is 2.86 bits per heavy atom. The molecule has 2 aromatic heterocycles. The second kappa shape index (κ2) is 5.37. The Kier molecular flexibility index (Phi) is 3.55. The van der Waals surface area contributed by atoms with Crippen LogP contribution >= 0.6 is 12.2 Å². The highest BCUT2D eigenvalue weighted by molar-refractivity contribution is 7.71.